The largest absolute Gasteiger partial charge is 0.309 e. The van der Waals surface area contributed by atoms with E-state index in [1.807, 2.05) is 0 Å². The third-order valence-corrected chi connectivity index (χ3v) is 3.25. The summed E-state index contributed by atoms with van der Waals surface area (Å²) in [5.41, 5.74) is 0.170. The first-order chi connectivity index (χ1) is 7.44. The van der Waals surface area contributed by atoms with Crippen LogP contribution in [0.3, 0.4) is 0 Å². The van der Waals surface area contributed by atoms with E-state index in [0.717, 1.165) is 19.6 Å². The van der Waals surface area contributed by atoms with Crippen LogP contribution in [0.5, 0.6) is 0 Å². The van der Waals surface area contributed by atoms with Crippen molar-refractivity contribution in [1.82, 2.24) is 10.2 Å². The molecule has 3 heteroatoms. The molecule has 0 aromatic carbocycles. The SMILES string of the molecule is CC(C)CC1CNC(C)(C)CN1CCCF. The van der Waals surface area contributed by atoms with Crippen molar-refractivity contribution in [3.8, 4) is 0 Å². The summed E-state index contributed by atoms with van der Waals surface area (Å²) >= 11 is 0. The van der Waals surface area contributed by atoms with Crippen LogP contribution < -0.4 is 5.32 Å². The normalized spacial score (nSPS) is 26.2. The molecule has 0 bridgehead atoms. The molecule has 96 valence electrons. The lowest BCUT2D eigenvalue weighted by molar-refractivity contribution is 0.0798. The van der Waals surface area contributed by atoms with Crippen LogP contribution in [0.25, 0.3) is 0 Å². The lowest BCUT2D eigenvalue weighted by Gasteiger charge is -2.45. The van der Waals surface area contributed by atoms with E-state index in [9.17, 15) is 4.39 Å². The molecule has 1 rings (SSSR count). The van der Waals surface area contributed by atoms with Crippen LogP contribution in [-0.4, -0.2) is 42.8 Å². The predicted octanol–water partition coefficient (Wildman–Crippen LogP) is 2.44. The summed E-state index contributed by atoms with van der Waals surface area (Å²) in [6, 6.07) is 0.583. The average Bonchev–Trinajstić information content (AvgIpc) is 2.17. The molecule has 1 atom stereocenters. The van der Waals surface area contributed by atoms with Gasteiger partial charge in [0.1, 0.15) is 0 Å². The molecule has 16 heavy (non-hydrogen) atoms. The first-order valence-corrected chi connectivity index (χ1v) is 6.49. The quantitative estimate of drug-likeness (QED) is 0.780. The molecule has 1 aliphatic rings. The van der Waals surface area contributed by atoms with Crippen LogP contribution in [0.1, 0.15) is 40.5 Å². The number of halogens is 1. The molecular formula is C13H27FN2. The standard InChI is InChI=1S/C13H27FN2/c1-11(2)8-12-9-15-13(3,4)10-16(12)7-5-6-14/h11-12,15H,5-10H2,1-4H3. The van der Waals surface area contributed by atoms with Crippen molar-refractivity contribution in [3.05, 3.63) is 0 Å². The highest BCUT2D eigenvalue weighted by atomic mass is 19.1. The van der Waals surface area contributed by atoms with Gasteiger partial charge in [-0.2, -0.15) is 0 Å². The van der Waals surface area contributed by atoms with Gasteiger partial charge >= 0.3 is 0 Å². The van der Waals surface area contributed by atoms with Gasteiger partial charge < -0.3 is 5.32 Å². The Balaban J connectivity index is 2.53. The Morgan fingerprint density at radius 2 is 2.12 bits per heavy atom. The van der Waals surface area contributed by atoms with Crippen LogP contribution in [-0.2, 0) is 0 Å². The van der Waals surface area contributed by atoms with E-state index in [1.165, 1.54) is 6.42 Å². The summed E-state index contributed by atoms with van der Waals surface area (Å²) in [6.07, 6.45) is 1.88. The van der Waals surface area contributed by atoms with Crippen molar-refractivity contribution in [2.45, 2.75) is 52.1 Å². The number of hydrogen-bond acceptors (Lipinski definition) is 2. The fourth-order valence-electron chi connectivity index (χ4n) is 2.52. The average molecular weight is 230 g/mol. The third-order valence-electron chi connectivity index (χ3n) is 3.25. The van der Waals surface area contributed by atoms with Gasteiger partial charge in [-0.15, -0.1) is 0 Å². The highest BCUT2D eigenvalue weighted by Crippen LogP contribution is 2.20. The van der Waals surface area contributed by atoms with E-state index in [4.69, 9.17) is 0 Å². The Kier molecular flexibility index (Phi) is 5.19. The second kappa shape index (κ2) is 5.97. The third kappa shape index (κ3) is 4.38. The molecule has 0 radical (unpaired) electrons. The molecule has 1 fully saturated rings. The number of rotatable bonds is 5. The van der Waals surface area contributed by atoms with Crippen LogP contribution >= 0.6 is 0 Å². The Labute approximate surface area is 99.6 Å². The van der Waals surface area contributed by atoms with E-state index < -0.39 is 0 Å². The molecule has 1 heterocycles. The smallest absolute Gasteiger partial charge is 0.0906 e. The first-order valence-electron chi connectivity index (χ1n) is 6.49. The summed E-state index contributed by atoms with van der Waals surface area (Å²) in [5, 5.41) is 3.58. The van der Waals surface area contributed by atoms with Gasteiger partial charge in [-0.05, 0) is 32.6 Å². The van der Waals surface area contributed by atoms with Crippen molar-refractivity contribution >= 4 is 0 Å². The molecular weight excluding hydrogens is 203 g/mol. The van der Waals surface area contributed by atoms with Gasteiger partial charge in [0.05, 0.1) is 6.67 Å². The Bertz CT molecular complexity index is 204. The maximum atomic E-state index is 12.3. The Hall–Kier alpha value is -0.150. The predicted molar refractivity (Wildman–Crippen MR) is 67.5 cm³/mol. The molecule has 1 saturated heterocycles. The van der Waals surface area contributed by atoms with Crippen LogP contribution in [0.4, 0.5) is 4.39 Å². The number of piperazine rings is 1. The van der Waals surface area contributed by atoms with Gasteiger partial charge in [0.2, 0.25) is 0 Å². The van der Waals surface area contributed by atoms with Crippen molar-refractivity contribution in [1.29, 1.82) is 0 Å². The van der Waals surface area contributed by atoms with Gasteiger partial charge in [0, 0.05) is 31.2 Å². The Morgan fingerprint density at radius 1 is 1.44 bits per heavy atom. The van der Waals surface area contributed by atoms with Gasteiger partial charge in [-0.3, -0.25) is 9.29 Å². The summed E-state index contributed by atoms with van der Waals surface area (Å²) in [4.78, 5) is 2.47. The molecule has 2 nitrogen and oxygen atoms in total. The lowest BCUT2D eigenvalue weighted by Crippen LogP contribution is -2.61. The first kappa shape index (κ1) is 13.9. The van der Waals surface area contributed by atoms with Crippen LogP contribution in [0, 0.1) is 5.92 Å². The summed E-state index contributed by atoms with van der Waals surface area (Å²) < 4.78 is 12.3. The van der Waals surface area contributed by atoms with Crippen molar-refractivity contribution in [2.75, 3.05) is 26.3 Å². The molecule has 1 aliphatic heterocycles. The van der Waals surface area contributed by atoms with Gasteiger partial charge in [0.25, 0.3) is 0 Å². The van der Waals surface area contributed by atoms with E-state index in [0.29, 0.717) is 18.4 Å². The minimum Gasteiger partial charge on any atom is -0.309 e. The monoisotopic (exact) mass is 230 g/mol. The lowest BCUT2D eigenvalue weighted by atomic mass is 9.94. The minimum absolute atomic E-state index is 0.170. The van der Waals surface area contributed by atoms with Crippen molar-refractivity contribution < 1.29 is 4.39 Å². The molecule has 1 unspecified atom stereocenters. The summed E-state index contributed by atoms with van der Waals surface area (Å²) in [5.74, 6) is 0.709. The maximum Gasteiger partial charge on any atom is 0.0906 e. The summed E-state index contributed by atoms with van der Waals surface area (Å²) in [7, 11) is 0. The minimum atomic E-state index is -0.196. The topological polar surface area (TPSA) is 15.3 Å². The van der Waals surface area contributed by atoms with E-state index >= 15 is 0 Å². The number of nitrogens with one attached hydrogen (secondary N) is 1. The van der Waals surface area contributed by atoms with E-state index in [2.05, 4.69) is 37.9 Å². The maximum absolute atomic E-state index is 12.3. The van der Waals surface area contributed by atoms with Crippen molar-refractivity contribution in [2.24, 2.45) is 5.92 Å². The second-order valence-corrected chi connectivity index (χ2v) is 6.06. The zero-order valence-electron chi connectivity index (χ0n) is 11.2. The fraction of sp³-hybridized carbons (Fsp3) is 1.00. The number of nitrogens with zero attached hydrogens (tertiary/aromatic N) is 1. The second-order valence-electron chi connectivity index (χ2n) is 6.06. The molecule has 1 N–H and O–H groups in total. The van der Waals surface area contributed by atoms with Gasteiger partial charge in [0.15, 0.2) is 0 Å². The highest BCUT2D eigenvalue weighted by molar-refractivity contribution is 4.92. The molecule has 0 amide bonds. The zero-order chi connectivity index (χ0) is 12.2. The molecule has 0 aliphatic carbocycles. The van der Waals surface area contributed by atoms with Crippen LogP contribution in [0.15, 0.2) is 0 Å². The zero-order valence-corrected chi connectivity index (χ0v) is 11.2. The molecule has 0 saturated carbocycles. The number of hydrogen-bond donors (Lipinski definition) is 1. The fourth-order valence-corrected chi connectivity index (χ4v) is 2.52. The van der Waals surface area contributed by atoms with E-state index in [-0.39, 0.29) is 12.2 Å². The molecule has 0 aromatic heterocycles. The van der Waals surface area contributed by atoms with Gasteiger partial charge in [-0.25, -0.2) is 0 Å². The highest BCUT2D eigenvalue weighted by Gasteiger charge is 2.32. The van der Waals surface area contributed by atoms with Gasteiger partial charge in [-0.1, -0.05) is 13.8 Å². The molecule has 0 aromatic rings. The van der Waals surface area contributed by atoms with Crippen LogP contribution in [0.2, 0.25) is 0 Å². The summed E-state index contributed by atoms with van der Waals surface area (Å²) in [6.45, 7) is 11.7. The Morgan fingerprint density at radius 3 is 2.69 bits per heavy atom. The van der Waals surface area contributed by atoms with E-state index in [1.54, 1.807) is 0 Å². The van der Waals surface area contributed by atoms with Crippen molar-refractivity contribution in [3.63, 3.8) is 0 Å². The number of alkyl halides is 1. The molecule has 0 spiro atoms.